The second-order valence-corrected chi connectivity index (χ2v) is 6.96. The standard InChI is InChI=1S/C24H25N3O5/c1-2-12-32-24(30)17-8-10-19(11-9-17)25-16-22(28)27-20-6-3-5-18(14-20)23(29)26-15-21-7-4-13-31-21/h3-11,13-14,25H,2,12,15-16H2,1H3,(H,26,29)(H,27,28). The van der Waals surface area contributed by atoms with Gasteiger partial charge in [-0.3, -0.25) is 9.59 Å². The molecule has 0 atom stereocenters. The molecule has 0 bridgehead atoms. The van der Waals surface area contributed by atoms with E-state index in [9.17, 15) is 14.4 Å². The molecule has 0 aliphatic rings. The lowest BCUT2D eigenvalue weighted by molar-refractivity contribution is -0.114. The fourth-order valence-corrected chi connectivity index (χ4v) is 2.81. The third-order valence-corrected chi connectivity index (χ3v) is 4.42. The predicted molar refractivity (Wildman–Crippen MR) is 120 cm³/mol. The van der Waals surface area contributed by atoms with Gasteiger partial charge in [0.05, 0.1) is 31.5 Å². The van der Waals surface area contributed by atoms with E-state index in [0.717, 1.165) is 6.42 Å². The van der Waals surface area contributed by atoms with Crippen molar-refractivity contribution in [3.63, 3.8) is 0 Å². The lowest BCUT2D eigenvalue weighted by atomic mass is 10.2. The Bertz CT molecular complexity index is 1050. The number of esters is 1. The topological polar surface area (TPSA) is 110 Å². The Hall–Kier alpha value is -4.07. The van der Waals surface area contributed by atoms with Crippen LogP contribution in [-0.2, 0) is 16.1 Å². The van der Waals surface area contributed by atoms with Gasteiger partial charge in [-0.2, -0.15) is 0 Å². The molecule has 0 spiro atoms. The van der Waals surface area contributed by atoms with E-state index in [0.29, 0.717) is 34.9 Å². The van der Waals surface area contributed by atoms with Gasteiger partial charge in [0.2, 0.25) is 5.91 Å². The van der Waals surface area contributed by atoms with Crippen molar-refractivity contribution in [2.24, 2.45) is 0 Å². The molecule has 0 aliphatic heterocycles. The van der Waals surface area contributed by atoms with Crippen LogP contribution in [0, 0.1) is 0 Å². The number of hydrogen-bond donors (Lipinski definition) is 3. The maximum absolute atomic E-state index is 12.3. The molecule has 0 fully saturated rings. The SMILES string of the molecule is CCCOC(=O)c1ccc(NCC(=O)Nc2cccc(C(=O)NCc3ccco3)c2)cc1. The summed E-state index contributed by atoms with van der Waals surface area (Å²) in [5.74, 6) is -0.262. The van der Waals surface area contributed by atoms with Crippen molar-refractivity contribution in [3.05, 3.63) is 83.8 Å². The molecule has 1 heterocycles. The van der Waals surface area contributed by atoms with E-state index in [1.165, 1.54) is 0 Å². The van der Waals surface area contributed by atoms with Crippen molar-refractivity contribution in [1.82, 2.24) is 5.32 Å². The van der Waals surface area contributed by atoms with Gasteiger partial charge < -0.3 is 25.1 Å². The van der Waals surface area contributed by atoms with Crippen LogP contribution in [0.1, 0.15) is 39.8 Å². The molecule has 166 valence electrons. The monoisotopic (exact) mass is 435 g/mol. The van der Waals surface area contributed by atoms with E-state index < -0.39 is 0 Å². The van der Waals surface area contributed by atoms with Crippen molar-refractivity contribution in [2.75, 3.05) is 23.8 Å². The zero-order valence-corrected chi connectivity index (χ0v) is 17.7. The van der Waals surface area contributed by atoms with Gasteiger partial charge in [0.25, 0.3) is 5.91 Å². The minimum atomic E-state index is -0.371. The Morgan fingerprint density at radius 2 is 1.75 bits per heavy atom. The number of hydrogen-bond acceptors (Lipinski definition) is 6. The fraction of sp³-hybridized carbons (Fsp3) is 0.208. The maximum Gasteiger partial charge on any atom is 0.338 e. The van der Waals surface area contributed by atoms with Gasteiger partial charge in [-0.1, -0.05) is 13.0 Å². The van der Waals surface area contributed by atoms with Crippen LogP contribution in [0.3, 0.4) is 0 Å². The summed E-state index contributed by atoms with van der Waals surface area (Å²) in [6.07, 6.45) is 2.31. The summed E-state index contributed by atoms with van der Waals surface area (Å²) in [6, 6.07) is 16.9. The first kappa shape index (κ1) is 22.6. The van der Waals surface area contributed by atoms with Gasteiger partial charge in [-0.15, -0.1) is 0 Å². The summed E-state index contributed by atoms with van der Waals surface area (Å²) in [7, 11) is 0. The van der Waals surface area contributed by atoms with E-state index in [1.54, 1.807) is 66.9 Å². The first-order valence-electron chi connectivity index (χ1n) is 10.3. The maximum atomic E-state index is 12.3. The van der Waals surface area contributed by atoms with Crippen LogP contribution in [-0.4, -0.2) is 30.9 Å². The molecule has 8 nitrogen and oxygen atoms in total. The summed E-state index contributed by atoms with van der Waals surface area (Å²) in [5.41, 5.74) is 2.08. The number of furan rings is 1. The summed E-state index contributed by atoms with van der Waals surface area (Å²) < 4.78 is 10.3. The zero-order valence-electron chi connectivity index (χ0n) is 17.7. The third-order valence-electron chi connectivity index (χ3n) is 4.42. The highest BCUT2D eigenvalue weighted by atomic mass is 16.5. The van der Waals surface area contributed by atoms with Crippen molar-refractivity contribution in [3.8, 4) is 0 Å². The molecule has 3 aromatic rings. The quantitative estimate of drug-likeness (QED) is 0.418. The minimum Gasteiger partial charge on any atom is -0.467 e. The number of amides is 2. The number of ether oxygens (including phenoxy) is 1. The number of rotatable bonds is 10. The van der Waals surface area contributed by atoms with E-state index >= 15 is 0 Å². The lowest BCUT2D eigenvalue weighted by Crippen LogP contribution is -2.24. The largest absolute Gasteiger partial charge is 0.467 e. The summed E-state index contributed by atoms with van der Waals surface area (Å²) >= 11 is 0. The van der Waals surface area contributed by atoms with Crippen LogP contribution in [0.25, 0.3) is 0 Å². The summed E-state index contributed by atoms with van der Waals surface area (Å²) in [6.45, 7) is 2.61. The van der Waals surface area contributed by atoms with Crippen LogP contribution in [0.5, 0.6) is 0 Å². The Kier molecular flexibility index (Phi) is 8.02. The molecule has 2 aromatic carbocycles. The van der Waals surface area contributed by atoms with Gasteiger partial charge in [0.1, 0.15) is 5.76 Å². The lowest BCUT2D eigenvalue weighted by Gasteiger charge is -2.10. The molecule has 3 N–H and O–H groups in total. The van der Waals surface area contributed by atoms with Gasteiger partial charge in [-0.05, 0) is 61.0 Å². The Morgan fingerprint density at radius 3 is 2.47 bits per heavy atom. The molecule has 3 rings (SSSR count). The average Bonchev–Trinajstić information content (AvgIpc) is 3.34. The minimum absolute atomic E-state index is 0.0224. The van der Waals surface area contributed by atoms with Crippen LogP contribution in [0.15, 0.2) is 71.3 Å². The highest BCUT2D eigenvalue weighted by Crippen LogP contribution is 2.13. The zero-order chi connectivity index (χ0) is 22.8. The van der Waals surface area contributed by atoms with Crippen LogP contribution < -0.4 is 16.0 Å². The number of carbonyl (C=O) groups excluding carboxylic acids is 3. The molecular formula is C24H25N3O5. The van der Waals surface area contributed by atoms with E-state index in [-0.39, 0.29) is 30.9 Å². The van der Waals surface area contributed by atoms with Crippen LogP contribution in [0.4, 0.5) is 11.4 Å². The van der Waals surface area contributed by atoms with Gasteiger partial charge >= 0.3 is 5.97 Å². The molecule has 0 saturated carbocycles. The van der Waals surface area contributed by atoms with E-state index in [1.807, 2.05) is 6.92 Å². The molecule has 8 heteroatoms. The number of anilines is 2. The molecule has 2 amide bonds. The summed E-state index contributed by atoms with van der Waals surface area (Å²) in [5, 5.41) is 8.51. The van der Waals surface area contributed by atoms with Crippen molar-refractivity contribution in [2.45, 2.75) is 19.9 Å². The molecule has 0 aliphatic carbocycles. The highest BCUT2D eigenvalue weighted by Gasteiger charge is 2.10. The third kappa shape index (κ3) is 6.73. The van der Waals surface area contributed by atoms with Crippen LogP contribution >= 0.6 is 0 Å². The number of carbonyl (C=O) groups is 3. The first-order valence-corrected chi connectivity index (χ1v) is 10.3. The molecule has 0 radical (unpaired) electrons. The Balaban J connectivity index is 1.48. The van der Waals surface area contributed by atoms with E-state index in [2.05, 4.69) is 16.0 Å². The Labute approximate surface area is 186 Å². The second-order valence-electron chi connectivity index (χ2n) is 6.96. The molecular weight excluding hydrogens is 410 g/mol. The Morgan fingerprint density at radius 1 is 0.938 bits per heavy atom. The predicted octanol–water partition coefficient (Wildman–Crippen LogP) is 3.83. The molecule has 1 aromatic heterocycles. The van der Waals surface area contributed by atoms with Gasteiger partial charge in [-0.25, -0.2) is 4.79 Å². The van der Waals surface area contributed by atoms with Gasteiger partial charge in [0, 0.05) is 16.9 Å². The average molecular weight is 435 g/mol. The first-order chi connectivity index (χ1) is 15.5. The van der Waals surface area contributed by atoms with Crippen molar-refractivity contribution >= 4 is 29.2 Å². The fourth-order valence-electron chi connectivity index (χ4n) is 2.81. The summed E-state index contributed by atoms with van der Waals surface area (Å²) in [4.78, 5) is 36.4. The van der Waals surface area contributed by atoms with Gasteiger partial charge in [0.15, 0.2) is 0 Å². The second kappa shape index (κ2) is 11.4. The van der Waals surface area contributed by atoms with Crippen molar-refractivity contribution in [1.29, 1.82) is 0 Å². The molecule has 32 heavy (non-hydrogen) atoms. The highest BCUT2D eigenvalue weighted by molar-refractivity contribution is 5.98. The number of benzene rings is 2. The van der Waals surface area contributed by atoms with Crippen LogP contribution in [0.2, 0.25) is 0 Å². The number of nitrogens with one attached hydrogen (secondary N) is 3. The van der Waals surface area contributed by atoms with Crippen molar-refractivity contribution < 1.29 is 23.5 Å². The molecule has 0 saturated heterocycles. The smallest absolute Gasteiger partial charge is 0.338 e. The molecule has 0 unspecified atom stereocenters. The van der Waals surface area contributed by atoms with E-state index in [4.69, 9.17) is 9.15 Å². The normalized spacial score (nSPS) is 10.3.